The molecule has 0 amide bonds. The number of sulfonamides is 1. The fourth-order valence-corrected chi connectivity index (χ4v) is 3.21. The van der Waals surface area contributed by atoms with Gasteiger partial charge in [0.2, 0.25) is 0 Å². The van der Waals surface area contributed by atoms with Gasteiger partial charge in [0.1, 0.15) is 0 Å². The van der Waals surface area contributed by atoms with E-state index in [0.29, 0.717) is 16.8 Å². The summed E-state index contributed by atoms with van der Waals surface area (Å²) in [6.07, 6.45) is 3.02. The molecule has 2 aromatic rings. The number of nitrogens with zero attached hydrogens (tertiary/aromatic N) is 1. The number of carboxylic acid groups (broad SMARTS) is 1. The highest BCUT2D eigenvalue weighted by molar-refractivity contribution is 7.92. The third kappa shape index (κ3) is 3.19. The van der Waals surface area contributed by atoms with Crippen molar-refractivity contribution in [2.45, 2.75) is 18.7 Å². The number of hydrogen-bond acceptors (Lipinski definition) is 4. The summed E-state index contributed by atoms with van der Waals surface area (Å²) in [5.74, 6) is -1.17. The first-order valence-corrected chi connectivity index (χ1v) is 7.57. The van der Waals surface area contributed by atoms with Crippen molar-refractivity contribution in [1.82, 2.24) is 4.98 Å². The number of benzene rings is 1. The van der Waals surface area contributed by atoms with Gasteiger partial charge in [-0.3, -0.25) is 9.71 Å². The van der Waals surface area contributed by atoms with Gasteiger partial charge in [-0.25, -0.2) is 13.2 Å². The number of carbonyl (C=O) groups is 1. The largest absolute Gasteiger partial charge is 0.478 e. The van der Waals surface area contributed by atoms with Crippen molar-refractivity contribution in [1.29, 1.82) is 0 Å². The maximum atomic E-state index is 12.4. The van der Waals surface area contributed by atoms with Gasteiger partial charge in [-0.15, -0.1) is 0 Å². The van der Waals surface area contributed by atoms with Crippen LogP contribution in [0.5, 0.6) is 0 Å². The molecule has 2 rings (SSSR count). The lowest BCUT2D eigenvalue weighted by atomic mass is 10.1. The van der Waals surface area contributed by atoms with E-state index in [1.54, 1.807) is 26.1 Å². The number of nitrogens with one attached hydrogen (secondary N) is 1. The van der Waals surface area contributed by atoms with Crippen molar-refractivity contribution >= 4 is 21.7 Å². The van der Waals surface area contributed by atoms with Gasteiger partial charge in [0.25, 0.3) is 10.0 Å². The van der Waals surface area contributed by atoms with Crippen LogP contribution in [-0.2, 0) is 10.0 Å². The lowest BCUT2D eigenvalue weighted by Crippen LogP contribution is -2.16. The Balaban J connectivity index is 2.47. The number of anilines is 1. The SMILES string of the molecule is Cc1cnccc1NS(=O)(=O)c1cc(C(=O)O)ccc1C. The zero-order chi connectivity index (χ0) is 15.6. The molecular weight excluding hydrogens is 292 g/mol. The Bertz CT molecular complexity index is 800. The van der Waals surface area contributed by atoms with Gasteiger partial charge in [-0.05, 0) is 43.2 Å². The highest BCUT2D eigenvalue weighted by Gasteiger charge is 2.19. The number of aromatic carboxylic acids is 1. The smallest absolute Gasteiger partial charge is 0.335 e. The standard InChI is InChI=1S/C14H14N2O4S/c1-9-3-4-11(14(17)18)7-13(9)21(19,20)16-12-5-6-15-8-10(12)2/h3-8H,1-2H3,(H,15,16)(H,17,18). The Kier molecular flexibility index (Phi) is 3.95. The van der Waals surface area contributed by atoms with Crippen LogP contribution in [0.1, 0.15) is 21.5 Å². The Labute approximate surface area is 122 Å². The molecule has 0 aliphatic heterocycles. The van der Waals surface area contributed by atoms with Crippen LogP contribution >= 0.6 is 0 Å². The molecule has 2 N–H and O–H groups in total. The van der Waals surface area contributed by atoms with Gasteiger partial charge >= 0.3 is 5.97 Å². The van der Waals surface area contributed by atoms with Crippen molar-refractivity contribution in [3.63, 3.8) is 0 Å². The average molecular weight is 306 g/mol. The van der Waals surface area contributed by atoms with Gasteiger partial charge in [-0.1, -0.05) is 6.07 Å². The monoisotopic (exact) mass is 306 g/mol. The topological polar surface area (TPSA) is 96.4 Å². The van der Waals surface area contributed by atoms with E-state index in [1.165, 1.54) is 18.3 Å². The van der Waals surface area contributed by atoms with Gasteiger partial charge in [0, 0.05) is 12.4 Å². The summed E-state index contributed by atoms with van der Waals surface area (Å²) in [5.41, 5.74) is 1.48. The van der Waals surface area contributed by atoms with E-state index in [2.05, 4.69) is 9.71 Å². The minimum atomic E-state index is -3.86. The molecule has 21 heavy (non-hydrogen) atoms. The van der Waals surface area contributed by atoms with Crippen LogP contribution in [0, 0.1) is 13.8 Å². The predicted molar refractivity (Wildman–Crippen MR) is 77.9 cm³/mol. The van der Waals surface area contributed by atoms with E-state index in [9.17, 15) is 13.2 Å². The summed E-state index contributed by atoms with van der Waals surface area (Å²) >= 11 is 0. The molecule has 1 aromatic heterocycles. The first-order chi connectivity index (χ1) is 9.81. The van der Waals surface area contributed by atoms with E-state index in [-0.39, 0.29) is 10.5 Å². The summed E-state index contributed by atoms with van der Waals surface area (Å²) in [4.78, 5) is 14.8. The van der Waals surface area contributed by atoms with Crippen molar-refractivity contribution < 1.29 is 18.3 Å². The molecule has 6 nitrogen and oxygen atoms in total. The Hall–Kier alpha value is -2.41. The Morgan fingerprint density at radius 3 is 2.52 bits per heavy atom. The number of aryl methyl sites for hydroxylation is 2. The summed E-state index contributed by atoms with van der Waals surface area (Å²) in [6, 6.07) is 5.53. The second-order valence-electron chi connectivity index (χ2n) is 4.58. The molecule has 0 aliphatic carbocycles. The van der Waals surface area contributed by atoms with Gasteiger partial charge in [-0.2, -0.15) is 0 Å². The highest BCUT2D eigenvalue weighted by Crippen LogP contribution is 2.22. The van der Waals surface area contributed by atoms with E-state index in [1.807, 2.05) is 0 Å². The predicted octanol–water partition coefficient (Wildman–Crippen LogP) is 2.20. The van der Waals surface area contributed by atoms with Crippen molar-refractivity contribution in [2.75, 3.05) is 4.72 Å². The van der Waals surface area contributed by atoms with Crippen LogP contribution in [-0.4, -0.2) is 24.5 Å². The Morgan fingerprint density at radius 2 is 1.90 bits per heavy atom. The van der Waals surface area contributed by atoms with Crippen LogP contribution < -0.4 is 4.72 Å². The maximum absolute atomic E-state index is 12.4. The lowest BCUT2D eigenvalue weighted by Gasteiger charge is -2.12. The minimum absolute atomic E-state index is 0.0568. The van der Waals surface area contributed by atoms with E-state index < -0.39 is 16.0 Å². The van der Waals surface area contributed by atoms with Gasteiger partial charge < -0.3 is 5.11 Å². The molecule has 7 heteroatoms. The third-order valence-electron chi connectivity index (χ3n) is 2.99. The van der Waals surface area contributed by atoms with Crippen LogP contribution in [0.25, 0.3) is 0 Å². The van der Waals surface area contributed by atoms with Crippen molar-refractivity contribution in [3.8, 4) is 0 Å². The summed E-state index contributed by atoms with van der Waals surface area (Å²) in [6.45, 7) is 3.34. The zero-order valence-corrected chi connectivity index (χ0v) is 12.3. The molecule has 0 atom stereocenters. The molecule has 0 aliphatic rings. The molecule has 0 fully saturated rings. The molecule has 0 radical (unpaired) electrons. The van der Waals surface area contributed by atoms with Gasteiger partial charge in [0.05, 0.1) is 16.1 Å². The van der Waals surface area contributed by atoms with Crippen molar-refractivity contribution in [3.05, 3.63) is 53.3 Å². The van der Waals surface area contributed by atoms with Crippen LogP contribution in [0.2, 0.25) is 0 Å². The molecule has 0 saturated carbocycles. The number of carboxylic acids is 1. The number of rotatable bonds is 4. The van der Waals surface area contributed by atoms with E-state index >= 15 is 0 Å². The number of pyridine rings is 1. The van der Waals surface area contributed by atoms with E-state index in [4.69, 9.17) is 5.11 Å². The summed E-state index contributed by atoms with van der Waals surface area (Å²) in [7, 11) is -3.86. The maximum Gasteiger partial charge on any atom is 0.335 e. The zero-order valence-electron chi connectivity index (χ0n) is 11.5. The first kappa shape index (κ1) is 15.0. The normalized spacial score (nSPS) is 11.1. The molecule has 110 valence electrons. The number of aromatic nitrogens is 1. The third-order valence-corrected chi connectivity index (χ3v) is 4.50. The minimum Gasteiger partial charge on any atom is -0.478 e. The van der Waals surface area contributed by atoms with Crippen molar-refractivity contribution in [2.24, 2.45) is 0 Å². The van der Waals surface area contributed by atoms with Crippen LogP contribution in [0.3, 0.4) is 0 Å². The number of hydrogen-bond donors (Lipinski definition) is 2. The molecular formula is C14H14N2O4S. The van der Waals surface area contributed by atoms with Crippen LogP contribution in [0.4, 0.5) is 5.69 Å². The summed E-state index contributed by atoms with van der Waals surface area (Å²) < 4.78 is 27.3. The first-order valence-electron chi connectivity index (χ1n) is 6.08. The lowest BCUT2D eigenvalue weighted by molar-refractivity contribution is 0.0696. The second-order valence-corrected chi connectivity index (χ2v) is 6.23. The van der Waals surface area contributed by atoms with Gasteiger partial charge in [0.15, 0.2) is 0 Å². The fourth-order valence-electron chi connectivity index (χ4n) is 1.81. The fraction of sp³-hybridized carbons (Fsp3) is 0.143. The molecule has 0 spiro atoms. The molecule has 0 bridgehead atoms. The average Bonchev–Trinajstić information content (AvgIpc) is 2.41. The Morgan fingerprint density at radius 1 is 1.19 bits per heavy atom. The summed E-state index contributed by atoms with van der Waals surface area (Å²) in [5, 5.41) is 8.98. The molecule has 1 heterocycles. The molecule has 0 unspecified atom stereocenters. The quantitative estimate of drug-likeness (QED) is 0.902. The second kappa shape index (κ2) is 5.53. The van der Waals surface area contributed by atoms with E-state index in [0.717, 1.165) is 6.07 Å². The highest BCUT2D eigenvalue weighted by atomic mass is 32.2. The molecule has 0 saturated heterocycles. The molecule has 1 aromatic carbocycles. The van der Waals surface area contributed by atoms with Crippen LogP contribution in [0.15, 0.2) is 41.6 Å².